The van der Waals surface area contributed by atoms with Crippen LogP contribution in [0.2, 0.25) is 25.7 Å². The second kappa shape index (κ2) is 9.45. The first-order chi connectivity index (χ1) is 10.3. The van der Waals surface area contributed by atoms with Crippen LogP contribution in [0.15, 0.2) is 12.2 Å². The fraction of sp³-hybridized carbons (Fsp3) is 0.833. The van der Waals surface area contributed by atoms with Gasteiger partial charge >= 0.3 is 5.97 Å². The van der Waals surface area contributed by atoms with Gasteiger partial charge in [-0.2, -0.15) is 0 Å². The van der Waals surface area contributed by atoms with E-state index < -0.39 is 31.6 Å². The average Bonchev–Trinajstić information content (AvgIpc) is 2.38. The first kappa shape index (κ1) is 16.8. The number of hydrogen-bond acceptors (Lipinski definition) is 2. The lowest BCUT2D eigenvalue weighted by atomic mass is 10.1. The average molecular weight is 315 g/mol. The summed E-state index contributed by atoms with van der Waals surface area (Å²) in [5, 5.41) is 0. The Morgan fingerprint density at radius 3 is 2.38 bits per heavy atom. The molecule has 0 rings (SSSR count). The molecule has 2 atom stereocenters. The van der Waals surface area contributed by atoms with Crippen LogP contribution in [0, 0.1) is 5.89 Å². The van der Waals surface area contributed by atoms with Crippen molar-refractivity contribution in [3.05, 3.63) is 12.2 Å². The molecule has 0 aromatic heterocycles. The molecule has 2 unspecified atom stereocenters. The van der Waals surface area contributed by atoms with Crippen LogP contribution in [0.3, 0.4) is 0 Å². The lowest BCUT2D eigenvalue weighted by molar-refractivity contribution is -0.157. The van der Waals surface area contributed by atoms with E-state index in [4.69, 9.17) is 7.48 Å². The van der Waals surface area contributed by atoms with Gasteiger partial charge in [-0.05, 0) is 39.6 Å². The van der Waals surface area contributed by atoms with E-state index in [0.717, 1.165) is 19.3 Å². The van der Waals surface area contributed by atoms with Crippen molar-refractivity contribution in [3.8, 4) is 0 Å². The molecule has 0 fully saturated rings. The van der Waals surface area contributed by atoms with Gasteiger partial charge < -0.3 is 4.74 Å². The van der Waals surface area contributed by atoms with E-state index in [-0.39, 0.29) is 0 Å². The summed E-state index contributed by atoms with van der Waals surface area (Å²) in [6.45, 7) is 13.6. The zero-order valence-corrected chi connectivity index (χ0v) is 16.1. The van der Waals surface area contributed by atoms with E-state index in [1.807, 2.05) is 25.7 Å². The van der Waals surface area contributed by atoms with Gasteiger partial charge in [-0.15, -0.1) is 0 Å². The van der Waals surface area contributed by atoms with Crippen LogP contribution in [-0.4, -0.2) is 19.6 Å². The highest BCUT2D eigenvalue weighted by atomic mass is 28.3. The van der Waals surface area contributed by atoms with Gasteiger partial charge in [-0.1, -0.05) is 58.0 Å². The summed E-state index contributed by atoms with van der Waals surface area (Å²) in [6.07, 6.45) is 8.98. The van der Waals surface area contributed by atoms with Gasteiger partial charge in [0.2, 0.25) is 0 Å². The van der Waals surface area contributed by atoms with E-state index in [1.54, 1.807) is 26.8 Å². The Labute approximate surface area is 136 Å². The van der Waals surface area contributed by atoms with Gasteiger partial charge in [0.1, 0.15) is 5.60 Å². The maximum atomic E-state index is 12.6. The molecule has 21 heavy (non-hydrogen) atoms. The van der Waals surface area contributed by atoms with Gasteiger partial charge in [0.25, 0.3) is 0 Å². The summed E-state index contributed by atoms with van der Waals surface area (Å²) >= 11 is 0. The number of rotatable bonds is 9. The monoisotopic (exact) mass is 314 g/mol. The zero-order chi connectivity index (χ0) is 18.3. The molecule has 0 spiro atoms. The number of allylic oxidation sites excluding steroid dienone is 1. The molecule has 0 N–H and O–H groups in total. The molecule has 0 aliphatic heterocycles. The Kier molecular flexibility index (Phi) is 7.55. The number of unbranched alkanes of at least 4 members (excludes halogenated alkanes) is 4. The van der Waals surface area contributed by atoms with Crippen LogP contribution in [0.1, 0.15) is 62.5 Å². The van der Waals surface area contributed by atoms with Crippen LogP contribution >= 0.6 is 0 Å². The molecule has 0 bridgehead atoms. The van der Waals surface area contributed by atoms with E-state index in [0.29, 0.717) is 0 Å². The quantitative estimate of drug-likeness (QED) is 0.232. The SMILES string of the molecule is [2H]C(C([2H])(/C=C/CCCCCC)C(=O)OC(C)(C)C)[Si](C)(C)C. The van der Waals surface area contributed by atoms with Crippen molar-refractivity contribution in [3.63, 3.8) is 0 Å². The molecule has 0 heterocycles. The molecule has 2 nitrogen and oxygen atoms in total. The van der Waals surface area contributed by atoms with Crippen molar-refractivity contribution < 1.29 is 12.3 Å². The molecule has 0 aromatic carbocycles. The van der Waals surface area contributed by atoms with Crippen LogP contribution in [0.25, 0.3) is 0 Å². The molecule has 0 aromatic rings. The topological polar surface area (TPSA) is 26.3 Å². The molecule has 0 saturated heterocycles. The molecular weight excluding hydrogens is 276 g/mol. The van der Waals surface area contributed by atoms with Crippen molar-refractivity contribution in [2.24, 2.45) is 5.89 Å². The predicted molar refractivity (Wildman–Crippen MR) is 95.4 cm³/mol. The van der Waals surface area contributed by atoms with E-state index >= 15 is 0 Å². The normalized spacial score (nSPS) is 18.8. The third-order valence-electron chi connectivity index (χ3n) is 2.74. The molecule has 124 valence electrons. The highest BCUT2D eigenvalue weighted by Crippen LogP contribution is 2.22. The van der Waals surface area contributed by atoms with Gasteiger partial charge in [0.15, 0.2) is 0 Å². The maximum absolute atomic E-state index is 12.6. The van der Waals surface area contributed by atoms with Crippen molar-refractivity contribution in [2.75, 3.05) is 0 Å². The van der Waals surface area contributed by atoms with Crippen LogP contribution in [-0.2, 0) is 9.53 Å². The number of esters is 1. The van der Waals surface area contributed by atoms with E-state index in [2.05, 4.69) is 6.92 Å². The molecule has 0 aliphatic carbocycles. The zero-order valence-electron chi connectivity index (χ0n) is 17.1. The van der Waals surface area contributed by atoms with Gasteiger partial charge in [-0.25, -0.2) is 0 Å². The number of ether oxygens (including phenoxy) is 1. The van der Waals surface area contributed by atoms with Crippen molar-refractivity contribution >= 4 is 14.0 Å². The molecule has 0 aliphatic rings. The minimum absolute atomic E-state index is 0.600. The lowest BCUT2D eigenvalue weighted by Gasteiger charge is -2.26. The fourth-order valence-corrected chi connectivity index (χ4v) is 3.02. The standard InChI is InChI=1S/C18H36O2Si/c1-8-9-10-11-12-13-14-16(15-21(5,6)7)17(19)20-18(2,3)4/h13-14,16H,8-12,15H2,1-7H3/b14-13+/i15D,16D. The Balaban J connectivity index is 5.15. The Bertz CT molecular complexity index is 397. The van der Waals surface area contributed by atoms with E-state index in [1.165, 1.54) is 12.8 Å². The van der Waals surface area contributed by atoms with Gasteiger partial charge in [0, 0.05) is 10.8 Å². The number of hydrogen-bond donors (Lipinski definition) is 0. The molecule has 0 amide bonds. The smallest absolute Gasteiger partial charge is 0.313 e. The van der Waals surface area contributed by atoms with Crippen LogP contribution in [0.5, 0.6) is 0 Å². The second-order valence-corrected chi connectivity index (χ2v) is 12.7. The first-order valence-electron chi connectivity index (χ1n) is 9.25. The minimum Gasteiger partial charge on any atom is -0.460 e. The molecule has 0 radical (unpaired) electrons. The highest BCUT2D eigenvalue weighted by molar-refractivity contribution is 6.76. The molecule has 0 saturated carbocycles. The summed E-state index contributed by atoms with van der Waals surface area (Å²) < 4.78 is 22.6. The molecule has 3 heteroatoms. The first-order valence-corrected chi connectivity index (χ1v) is 11.8. The lowest BCUT2D eigenvalue weighted by Crippen LogP contribution is -2.32. The van der Waals surface area contributed by atoms with Crippen LogP contribution in [0.4, 0.5) is 0 Å². The maximum Gasteiger partial charge on any atom is 0.313 e. The second-order valence-electron chi connectivity index (χ2n) is 7.72. The fourth-order valence-electron chi connectivity index (χ4n) is 1.88. The number of carbonyl (C=O) groups excluding carboxylic acids is 1. The minimum atomic E-state index is -1.99. The highest BCUT2D eigenvalue weighted by Gasteiger charge is 2.28. The van der Waals surface area contributed by atoms with Crippen molar-refractivity contribution in [1.82, 2.24) is 0 Å². The van der Waals surface area contributed by atoms with Gasteiger partial charge in [-0.3, -0.25) is 4.79 Å². The third-order valence-corrected chi connectivity index (χ3v) is 3.92. The third kappa shape index (κ3) is 12.9. The Hall–Kier alpha value is -0.573. The Morgan fingerprint density at radius 2 is 1.90 bits per heavy atom. The summed E-state index contributed by atoms with van der Waals surface area (Å²) in [7, 11) is -1.99. The van der Waals surface area contributed by atoms with Crippen LogP contribution < -0.4 is 0 Å². The summed E-state index contributed by atoms with van der Waals surface area (Å²) in [4.78, 5) is 12.6. The number of carbonyl (C=O) groups is 1. The molecular formula is C18H36O2Si. The van der Waals surface area contributed by atoms with Gasteiger partial charge in [0.05, 0.1) is 5.89 Å². The summed E-state index contributed by atoms with van der Waals surface area (Å²) in [5.74, 6) is -2.21. The summed E-state index contributed by atoms with van der Waals surface area (Å²) in [6, 6.07) is -0.753. The van der Waals surface area contributed by atoms with E-state index in [9.17, 15) is 4.79 Å². The predicted octanol–water partition coefficient (Wildman–Crippen LogP) is 5.81. The Morgan fingerprint density at radius 1 is 1.29 bits per heavy atom. The summed E-state index contributed by atoms with van der Waals surface area (Å²) in [5.41, 5.74) is -0.641. The van der Waals surface area contributed by atoms with Crippen molar-refractivity contribution in [1.29, 1.82) is 0 Å². The largest absolute Gasteiger partial charge is 0.460 e. The van der Waals surface area contributed by atoms with Crippen molar-refractivity contribution in [2.45, 2.75) is 91.1 Å².